The van der Waals surface area contributed by atoms with Gasteiger partial charge in [0.15, 0.2) is 0 Å². The van der Waals surface area contributed by atoms with Crippen LogP contribution in [0.5, 0.6) is 0 Å². The van der Waals surface area contributed by atoms with Crippen LogP contribution in [0.25, 0.3) is 0 Å². The van der Waals surface area contributed by atoms with Gasteiger partial charge >= 0.3 is 0 Å². The maximum absolute atomic E-state index is 11.9. The lowest BCUT2D eigenvalue weighted by Crippen LogP contribution is -2.28. The Kier molecular flexibility index (Phi) is 4.07. The first-order chi connectivity index (χ1) is 8.08. The van der Waals surface area contributed by atoms with Gasteiger partial charge in [0.2, 0.25) is 0 Å². The zero-order valence-corrected chi connectivity index (χ0v) is 11.3. The minimum Gasteiger partial charge on any atom is -0.393 e. The molecule has 0 spiro atoms. The van der Waals surface area contributed by atoms with E-state index in [-0.39, 0.29) is 12.0 Å². The van der Waals surface area contributed by atoms with Crippen molar-refractivity contribution in [3.05, 3.63) is 20.8 Å². The molecule has 17 heavy (non-hydrogen) atoms. The molecule has 0 saturated heterocycles. The Morgan fingerprint density at radius 2 is 2.41 bits per heavy atom. The Morgan fingerprint density at radius 3 is 2.94 bits per heavy atom. The number of thiophene rings is 1. The monoisotopic (exact) mass is 273 g/mol. The average molecular weight is 274 g/mol. The van der Waals surface area contributed by atoms with Crippen molar-refractivity contribution in [2.24, 2.45) is 5.92 Å². The predicted molar refractivity (Wildman–Crippen MR) is 69.7 cm³/mol. The van der Waals surface area contributed by atoms with Crippen LogP contribution in [0, 0.1) is 12.8 Å². The van der Waals surface area contributed by atoms with E-state index >= 15 is 0 Å². The molecule has 1 aromatic heterocycles. The summed E-state index contributed by atoms with van der Waals surface area (Å²) in [6.07, 6.45) is 2.43. The lowest BCUT2D eigenvalue weighted by atomic mass is 10.1. The van der Waals surface area contributed by atoms with E-state index in [1.165, 1.54) is 11.3 Å². The van der Waals surface area contributed by atoms with Gasteiger partial charge in [-0.1, -0.05) is 11.6 Å². The summed E-state index contributed by atoms with van der Waals surface area (Å²) < 4.78 is 0. The van der Waals surface area contributed by atoms with E-state index in [0.717, 1.165) is 24.8 Å². The van der Waals surface area contributed by atoms with Crippen LogP contribution < -0.4 is 5.32 Å². The van der Waals surface area contributed by atoms with Crippen molar-refractivity contribution in [1.82, 2.24) is 5.32 Å². The van der Waals surface area contributed by atoms with Gasteiger partial charge in [-0.15, -0.1) is 11.3 Å². The van der Waals surface area contributed by atoms with E-state index in [9.17, 15) is 9.90 Å². The quantitative estimate of drug-likeness (QED) is 0.889. The molecular formula is C12H16ClNO2S. The van der Waals surface area contributed by atoms with E-state index < -0.39 is 0 Å². The third kappa shape index (κ3) is 3.00. The number of aliphatic hydroxyl groups is 1. The molecule has 1 aliphatic carbocycles. The Labute approximate surface area is 110 Å². The maximum Gasteiger partial charge on any atom is 0.262 e. The van der Waals surface area contributed by atoms with Crippen LogP contribution in [0.15, 0.2) is 5.38 Å². The molecule has 1 saturated carbocycles. The first-order valence-electron chi connectivity index (χ1n) is 5.77. The van der Waals surface area contributed by atoms with Gasteiger partial charge in [-0.25, -0.2) is 0 Å². The number of rotatable bonds is 3. The molecule has 0 bridgehead atoms. The van der Waals surface area contributed by atoms with Gasteiger partial charge < -0.3 is 10.4 Å². The largest absolute Gasteiger partial charge is 0.393 e. The molecule has 0 radical (unpaired) electrons. The Morgan fingerprint density at radius 1 is 1.65 bits per heavy atom. The van der Waals surface area contributed by atoms with Crippen LogP contribution in [0.2, 0.25) is 5.02 Å². The third-order valence-electron chi connectivity index (χ3n) is 3.17. The summed E-state index contributed by atoms with van der Waals surface area (Å²) in [7, 11) is 0. The SMILES string of the molecule is Cc1csc(C(=O)NCC2CCC(O)C2)c1Cl. The number of hydrogen-bond acceptors (Lipinski definition) is 3. The summed E-state index contributed by atoms with van der Waals surface area (Å²) in [6, 6.07) is 0. The zero-order chi connectivity index (χ0) is 12.4. The molecule has 94 valence electrons. The molecule has 1 aromatic rings. The number of aryl methyl sites for hydroxylation is 1. The molecule has 2 atom stereocenters. The van der Waals surface area contributed by atoms with Gasteiger partial charge in [0, 0.05) is 6.54 Å². The topological polar surface area (TPSA) is 49.3 Å². The van der Waals surface area contributed by atoms with Gasteiger partial charge in [-0.05, 0) is 43.0 Å². The average Bonchev–Trinajstić information content (AvgIpc) is 2.84. The molecule has 1 heterocycles. The number of carbonyl (C=O) groups excluding carboxylic acids is 1. The first-order valence-corrected chi connectivity index (χ1v) is 7.03. The lowest BCUT2D eigenvalue weighted by molar-refractivity contribution is 0.0949. The highest BCUT2D eigenvalue weighted by atomic mass is 35.5. The van der Waals surface area contributed by atoms with Gasteiger partial charge in [0.25, 0.3) is 5.91 Å². The molecule has 3 nitrogen and oxygen atoms in total. The highest BCUT2D eigenvalue weighted by Crippen LogP contribution is 2.28. The van der Waals surface area contributed by atoms with Crippen LogP contribution in [0.4, 0.5) is 0 Å². The Bertz CT molecular complexity index is 419. The molecule has 1 fully saturated rings. The third-order valence-corrected chi connectivity index (χ3v) is 4.87. The molecule has 1 amide bonds. The molecule has 0 aliphatic heterocycles. The van der Waals surface area contributed by atoms with Crippen LogP contribution in [-0.2, 0) is 0 Å². The van der Waals surface area contributed by atoms with Gasteiger partial charge in [0.1, 0.15) is 4.88 Å². The second kappa shape index (κ2) is 5.38. The number of carbonyl (C=O) groups is 1. The molecule has 2 N–H and O–H groups in total. The molecule has 2 unspecified atom stereocenters. The number of hydrogen-bond donors (Lipinski definition) is 2. The maximum atomic E-state index is 11.9. The van der Waals surface area contributed by atoms with Crippen molar-refractivity contribution in [1.29, 1.82) is 0 Å². The summed E-state index contributed by atoms with van der Waals surface area (Å²) >= 11 is 7.41. The summed E-state index contributed by atoms with van der Waals surface area (Å²) in [5, 5.41) is 14.7. The van der Waals surface area contributed by atoms with Crippen molar-refractivity contribution in [2.75, 3.05) is 6.54 Å². The van der Waals surface area contributed by atoms with E-state index in [1.54, 1.807) is 0 Å². The predicted octanol–water partition coefficient (Wildman–Crippen LogP) is 2.60. The number of amides is 1. The number of aliphatic hydroxyl groups excluding tert-OH is 1. The van der Waals surface area contributed by atoms with Crippen LogP contribution in [0.3, 0.4) is 0 Å². The van der Waals surface area contributed by atoms with Crippen molar-refractivity contribution < 1.29 is 9.90 Å². The van der Waals surface area contributed by atoms with Gasteiger partial charge in [-0.2, -0.15) is 0 Å². The van der Waals surface area contributed by atoms with Crippen LogP contribution in [0.1, 0.15) is 34.5 Å². The second-order valence-corrected chi connectivity index (χ2v) is 5.86. The van der Waals surface area contributed by atoms with Crippen LogP contribution in [-0.4, -0.2) is 23.7 Å². The fourth-order valence-electron chi connectivity index (χ4n) is 2.13. The highest BCUT2D eigenvalue weighted by Gasteiger charge is 2.23. The minimum atomic E-state index is -0.190. The smallest absolute Gasteiger partial charge is 0.262 e. The lowest BCUT2D eigenvalue weighted by Gasteiger charge is -2.10. The first kappa shape index (κ1) is 12.9. The van der Waals surface area contributed by atoms with E-state index in [2.05, 4.69) is 5.32 Å². The van der Waals surface area contributed by atoms with E-state index in [0.29, 0.717) is 22.4 Å². The normalized spacial score (nSPS) is 23.9. The summed E-state index contributed by atoms with van der Waals surface area (Å²) in [6.45, 7) is 2.52. The van der Waals surface area contributed by atoms with Crippen LogP contribution >= 0.6 is 22.9 Å². The Balaban J connectivity index is 1.87. The molecule has 0 aromatic carbocycles. The van der Waals surface area contributed by atoms with Gasteiger partial charge in [-0.3, -0.25) is 4.79 Å². The summed E-state index contributed by atoms with van der Waals surface area (Å²) in [5.74, 6) is 0.295. The van der Waals surface area contributed by atoms with Crippen molar-refractivity contribution in [2.45, 2.75) is 32.3 Å². The van der Waals surface area contributed by atoms with Gasteiger partial charge in [0.05, 0.1) is 11.1 Å². The van der Waals surface area contributed by atoms with E-state index in [4.69, 9.17) is 11.6 Å². The number of halogens is 1. The summed E-state index contributed by atoms with van der Waals surface area (Å²) in [4.78, 5) is 12.5. The highest BCUT2D eigenvalue weighted by molar-refractivity contribution is 7.13. The fraction of sp³-hybridized carbons (Fsp3) is 0.583. The fourth-order valence-corrected chi connectivity index (χ4v) is 3.33. The van der Waals surface area contributed by atoms with Crippen molar-refractivity contribution in [3.63, 3.8) is 0 Å². The van der Waals surface area contributed by atoms with Crippen molar-refractivity contribution >= 4 is 28.8 Å². The minimum absolute atomic E-state index is 0.102. The zero-order valence-electron chi connectivity index (χ0n) is 9.70. The summed E-state index contributed by atoms with van der Waals surface area (Å²) in [5.41, 5.74) is 0.943. The second-order valence-electron chi connectivity index (χ2n) is 4.60. The molecule has 2 rings (SSSR count). The molecule has 5 heteroatoms. The standard InChI is InChI=1S/C12H16ClNO2S/c1-7-6-17-11(10(7)13)12(16)14-5-8-2-3-9(15)4-8/h6,8-9,15H,2-5H2,1H3,(H,14,16). The number of nitrogens with one attached hydrogen (secondary N) is 1. The van der Waals surface area contributed by atoms with E-state index in [1.807, 2.05) is 12.3 Å². The molecule has 1 aliphatic rings. The molecular weight excluding hydrogens is 258 g/mol. The van der Waals surface area contributed by atoms with Crippen molar-refractivity contribution in [3.8, 4) is 0 Å². The Hall–Kier alpha value is -0.580.